The molecular weight excluding hydrogens is 262 g/mol. The van der Waals surface area contributed by atoms with Gasteiger partial charge in [0.05, 0.1) is 0 Å². The molecule has 0 spiro atoms. The molecule has 2 rings (SSSR count). The second-order valence-corrected chi connectivity index (χ2v) is 7.49. The van der Waals surface area contributed by atoms with Crippen LogP contribution in [0.1, 0.15) is 38.8 Å². The van der Waals surface area contributed by atoms with Gasteiger partial charge in [-0.15, -0.1) is 0 Å². The molecule has 18 heavy (non-hydrogen) atoms. The SMILES string of the molecule is C[C@@H](NC1CSCC(C)(C)C1)c1cccc(Cl)c1. The van der Waals surface area contributed by atoms with E-state index in [1.807, 2.05) is 12.1 Å². The molecule has 1 aliphatic rings. The fourth-order valence-electron chi connectivity index (χ4n) is 2.60. The maximum Gasteiger partial charge on any atom is 0.0409 e. The molecule has 1 aromatic rings. The number of benzene rings is 1. The predicted molar refractivity (Wildman–Crippen MR) is 82.5 cm³/mol. The first kappa shape index (κ1) is 14.2. The Morgan fingerprint density at radius 2 is 2.22 bits per heavy atom. The number of rotatable bonds is 3. The summed E-state index contributed by atoms with van der Waals surface area (Å²) in [6, 6.07) is 9.12. The van der Waals surface area contributed by atoms with E-state index in [0.29, 0.717) is 17.5 Å². The lowest BCUT2D eigenvalue weighted by Crippen LogP contribution is -2.41. The van der Waals surface area contributed by atoms with Gasteiger partial charge in [0.25, 0.3) is 0 Å². The molecule has 1 aliphatic heterocycles. The summed E-state index contributed by atoms with van der Waals surface area (Å²) < 4.78 is 0. The quantitative estimate of drug-likeness (QED) is 0.875. The summed E-state index contributed by atoms with van der Waals surface area (Å²) in [6.45, 7) is 6.94. The molecule has 0 bridgehead atoms. The molecule has 0 radical (unpaired) electrons. The Balaban J connectivity index is 1.97. The van der Waals surface area contributed by atoms with E-state index in [2.05, 4.69) is 50.0 Å². The van der Waals surface area contributed by atoms with Crippen LogP contribution in [0.25, 0.3) is 0 Å². The molecule has 3 heteroatoms. The third kappa shape index (κ3) is 3.91. The molecular formula is C15H22ClNS. The molecule has 1 heterocycles. The first-order chi connectivity index (χ1) is 8.46. The zero-order valence-corrected chi connectivity index (χ0v) is 12.9. The van der Waals surface area contributed by atoms with Crippen molar-refractivity contribution in [2.45, 2.75) is 39.3 Å². The highest BCUT2D eigenvalue weighted by molar-refractivity contribution is 7.99. The second kappa shape index (κ2) is 5.85. The first-order valence-electron chi connectivity index (χ1n) is 6.55. The van der Waals surface area contributed by atoms with E-state index in [4.69, 9.17) is 11.6 Å². The summed E-state index contributed by atoms with van der Waals surface area (Å²) in [6.07, 6.45) is 1.25. The van der Waals surface area contributed by atoms with Gasteiger partial charge in [0.15, 0.2) is 0 Å². The monoisotopic (exact) mass is 283 g/mol. The molecule has 1 N–H and O–H groups in total. The van der Waals surface area contributed by atoms with E-state index in [1.165, 1.54) is 23.5 Å². The van der Waals surface area contributed by atoms with Crippen LogP contribution in [0.3, 0.4) is 0 Å². The number of hydrogen-bond acceptors (Lipinski definition) is 2. The van der Waals surface area contributed by atoms with Gasteiger partial charge in [-0.2, -0.15) is 11.8 Å². The predicted octanol–water partition coefficient (Wildman–Crippen LogP) is 4.52. The molecule has 0 aromatic heterocycles. The van der Waals surface area contributed by atoms with Gasteiger partial charge in [-0.3, -0.25) is 0 Å². The topological polar surface area (TPSA) is 12.0 Å². The van der Waals surface area contributed by atoms with Crippen molar-refractivity contribution in [2.75, 3.05) is 11.5 Å². The zero-order chi connectivity index (χ0) is 13.2. The van der Waals surface area contributed by atoms with Crippen LogP contribution in [-0.4, -0.2) is 17.5 Å². The van der Waals surface area contributed by atoms with Crippen molar-refractivity contribution in [1.82, 2.24) is 5.32 Å². The summed E-state index contributed by atoms with van der Waals surface area (Å²) in [7, 11) is 0. The minimum atomic E-state index is 0.364. The van der Waals surface area contributed by atoms with E-state index in [0.717, 1.165) is 5.02 Å². The molecule has 1 aromatic carbocycles. The van der Waals surface area contributed by atoms with Gasteiger partial charge in [0.1, 0.15) is 0 Å². The summed E-state index contributed by atoms with van der Waals surface area (Å²) in [5.74, 6) is 2.49. The molecule has 100 valence electrons. The molecule has 0 saturated carbocycles. The van der Waals surface area contributed by atoms with Crippen LogP contribution in [0.5, 0.6) is 0 Å². The minimum Gasteiger partial charge on any atom is -0.307 e. The van der Waals surface area contributed by atoms with Crippen LogP contribution in [0, 0.1) is 5.41 Å². The lowest BCUT2D eigenvalue weighted by atomic mass is 9.87. The first-order valence-corrected chi connectivity index (χ1v) is 8.09. The van der Waals surface area contributed by atoms with E-state index < -0.39 is 0 Å². The van der Waals surface area contributed by atoms with Crippen molar-refractivity contribution in [2.24, 2.45) is 5.41 Å². The standard InChI is InChI=1S/C15H22ClNS/c1-11(12-5-4-6-13(16)7-12)17-14-8-15(2,3)10-18-9-14/h4-7,11,14,17H,8-10H2,1-3H3/t11-,14?/m1/s1. The van der Waals surface area contributed by atoms with Crippen LogP contribution in [0.2, 0.25) is 5.02 Å². The van der Waals surface area contributed by atoms with Gasteiger partial charge in [-0.05, 0) is 42.2 Å². The van der Waals surface area contributed by atoms with Gasteiger partial charge < -0.3 is 5.32 Å². The number of thioether (sulfide) groups is 1. The molecule has 1 nitrogen and oxygen atoms in total. The third-order valence-corrected chi connectivity index (χ3v) is 5.30. The van der Waals surface area contributed by atoms with Crippen LogP contribution in [0.4, 0.5) is 0 Å². The van der Waals surface area contributed by atoms with Gasteiger partial charge in [0.2, 0.25) is 0 Å². The summed E-state index contributed by atoms with van der Waals surface area (Å²) >= 11 is 8.11. The Hall–Kier alpha value is -0.180. The van der Waals surface area contributed by atoms with E-state index in [-0.39, 0.29) is 0 Å². The molecule has 2 atom stereocenters. The third-order valence-electron chi connectivity index (χ3n) is 3.45. The van der Waals surface area contributed by atoms with E-state index in [1.54, 1.807) is 0 Å². The average Bonchev–Trinajstić information content (AvgIpc) is 2.27. The fraction of sp³-hybridized carbons (Fsp3) is 0.600. The van der Waals surface area contributed by atoms with Crippen molar-refractivity contribution in [1.29, 1.82) is 0 Å². The number of hydrogen-bond donors (Lipinski definition) is 1. The van der Waals surface area contributed by atoms with Gasteiger partial charge in [-0.25, -0.2) is 0 Å². The van der Waals surface area contributed by atoms with Gasteiger partial charge in [-0.1, -0.05) is 37.6 Å². The normalized spacial score (nSPS) is 24.8. The smallest absolute Gasteiger partial charge is 0.0409 e. The second-order valence-electron chi connectivity index (χ2n) is 6.02. The molecule has 0 aliphatic carbocycles. The summed E-state index contributed by atoms with van der Waals surface area (Å²) in [5, 5.41) is 4.56. The Kier molecular flexibility index (Phi) is 4.63. The average molecular weight is 284 g/mol. The van der Waals surface area contributed by atoms with Crippen molar-refractivity contribution >= 4 is 23.4 Å². The van der Waals surface area contributed by atoms with E-state index in [9.17, 15) is 0 Å². The zero-order valence-electron chi connectivity index (χ0n) is 11.4. The maximum absolute atomic E-state index is 6.05. The van der Waals surface area contributed by atoms with Crippen molar-refractivity contribution < 1.29 is 0 Å². The van der Waals surface area contributed by atoms with E-state index >= 15 is 0 Å². The van der Waals surface area contributed by atoms with Gasteiger partial charge in [0, 0.05) is 22.9 Å². The fourth-order valence-corrected chi connectivity index (χ4v) is 4.08. The minimum absolute atomic E-state index is 0.364. The highest BCUT2D eigenvalue weighted by atomic mass is 35.5. The highest BCUT2D eigenvalue weighted by Crippen LogP contribution is 2.34. The Labute approximate surface area is 120 Å². The lowest BCUT2D eigenvalue weighted by molar-refractivity contribution is 0.305. The Morgan fingerprint density at radius 3 is 2.89 bits per heavy atom. The largest absolute Gasteiger partial charge is 0.307 e. The van der Waals surface area contributed by atoms with Crippen LogP contribution in [0.15, 0.2) is 24.3 Å². The summed E-state index contributed by atoms with van der Waals surface area (Å²) in [5.41, 5.74) is 1.73. The van der Waals surface area contributed by atoms with Crippen LogP contribution < -0.4 is 5.32 Å². The highest BCUT2D eigenvalue weighted by Gasteiger charge is 2.29. The molecule has 0 amide bonds. The molecule has 1 saturated heterocycles. The molecule has 1 fully saturated rings. The summed E-state index contributed by atoms with van der Waals surface area (Å²) in [4.78, 5) is 0. The maximum atomic E-state index is 6.05. The van der Waals surface area contributed by atoms with Crippen LogP contribution >= 0.6 is 23.4 Å². The molecule has 1 unspecified atom stereocenters. The lowest BCUT2D eigenvalue weighted by Gasteiger charge is -2.36. The van der Waals surface area contributed by atoms with Gasteiger partial charge >= 0.3 is 0 Å². The Morgan fingerprint density at radius 1 is 1.44 bits per heavy atom. The van der Waals surface area contributed by atoms with Crippen molar-refractivity contribution in [3.63, 3.8) is 0 Å². The van der Waals surface area contributed by atoms with Crippen molar-refractivity contribution in [3.05, 3.63) is 34.9 Å². The van der Waals surface area contributed by atoms with Crippen LogP contribution in [-0.2, 0) is 0 Å². The number of nitrogens with one attached hydrogen (secondary N) is 1. The number of halogens is 1. The van der Waals surface area contributed by atoms with Crippen molar-refractivity contribution in [3.8, 4) is 0 Å². The Bertz CT molecular complexity index is 405.